The van der Waals surface area contributed by atoms with Crippen LogP contribution in [0.25, 0.3) is 10.2 Å². The number of nitrogens with zero attached hydrogens (tertiary/aromatic N) is 1. The molecule has 0 aliphatic rings. The molecule has 0 aliphatic heterocycles. The number of fused-ring (bicyclic) bond motifs is 1. The summed E-state index contributed by atoms with van der Waals surface area (Å²) in [7, 11) is 0. The third-order valence-corrected chi connectivity index (χ3v) is 2.57. The lowest BCUT2D eigenvalue weighted by molar-refractivity contribution is -0.457. The molecule has 0 atom stereocenters. The van der Waals surface area contributed by atoms with Crippen molar-refractivity contribution in [1.82, 2.24) is 4.98 Å². The van der Waals surface area contributed by atoms with Crippen LogP contribution in [0.2, 0.25) is 0 Å². The number of hydrogen-bond donors (Lipinski definition) is 0. The van der Waals surface area contributed by atoms with Crippen LogP contribution in [-0.2, 0) is 9.78 Å². The monoisotopic (exact) mass is 263 g/mol. The number of hydrogen-bond acceptors (Lipinski definition) is 5. The van der Waals surface area contributed by atoms with E-state index < -0.39 is 12.3 Å². The van der Waals surface area contributed by atoms with Gasteiger partial charge in [0.2, 0.25) is 0 Å². The second-order valence-electron chi connectivity index (χ2n) is 2.93. The Balaban J connectivity index is 2.13. The number of thiazole rings is 1. The van der Waals surface area contributed by atoms with Crippen molar-refractivity contribution in [2.24, 2.45) is 0 Å². The molecule has 8 heteroatoms. The summed E-state index contributed by atoms with van der Waals surface area (Å²) in [6.45, 7) is 0. The van der Waals surface area contributed by atoms with E-state index in [1.54, 1.807) is 5.51 Å². The van der Waals surface area contributed by atoms with Crippen molar-refractivity contribution in [3.63, 3.8) is 0 Å². The summed E-state index contributed by atoms with van der Waals surface area (Å²) in [4.78, 5) is 21.8. The van der Waals surface area contributed by atoms with Crippen molar-refractivity contribution in [2.45, 2.75) is 6.36 Å². The number of aromatic nitrogens is 1. The lowest BCUT2D eigenvalue weighted by atomic mass is 10.2. The molecule has 2 rings (SSSR count). The molecule has 2 aromatic rings. The normalized spacial score (nSPS) is 11.7. The van der Waals surface area contributed by atoms with Gasteiger partial charge in [0.05, 0.1) is 21.3 Å². The van der Waals surface area contributed by atoms with Crippen LogP contribution in [0.15, 0.2) is 23.7 Å². The molecule has 1 aromatic heterocycles. The molecule has 0 unspecified atom stereocenters. The van der Waals surface area contributed by atoms with Crippen LogP contribution in [0.5, 0.6) is 0 Å². The second-order valence-corrected chi connectivity index (χ2v) is 3.82. The average molecular weight is 263 g/mol. The highest BCUT2D eigenvalue weighted by Gasteiger charge is 2.33. The summed E-state index contributed by atoms with van der Waals surface area (Å²) < 4.78 is 35.6. The van der Waals surface area contributed by atoms with E-state index in [0.717, 1.165) is 0 Å². The van der Waals surface area contributed by atoms with Crippen molar-refractivity contribution in [2.75, 3.05) is 0 Å². The molecule has 1 heterocycles. The molecule has 0 amide bonds. The van der Waals surface area contributed by atoms with Crippen LogP contribution in [-0.4, -0.2) is 17.3 Å². The predicted octanol–water partition coefficient (Wildman–Crippen LogP) is 2.90. The molecular formula is C9H4F3NO3S. The fourth-order valence-electron chi connectivity index (χ4n) is 1.12. The van der Waals surface area contributed by atoms with Crippen LogP contribution >= 0.6 is 11.3 Å². The van der Waals surface area contributed by atoms with Gasteiger partial charge in [-0.25, -0.2) is 9.78 Å². The van der Waals surface area contributed by atoms with Crippen molar-refractivity contribution in [3.05, 3.63) is 29.3 Å². The van der Waals surface area contributed by atoms with Gasteiger partial charge in [0.25, 0.3) is 0 Å². The zero-order valence-corrected chi connectivity index (χ0v) is 8.84. The van der Waals surface area contributed by atoms with Crippen LogP contribution in [0, 0.1) is 0 Å². The Morgan fingerprint density at radius 2 is 2.12 bits per heavy atom. The highest BCUT2D eigenvalue weighted by Crippen LogP contribution is 2.21. The van der Waals surface area contributed by atoms with E-state index in [2.05, 4.69) is 14.8 Å². The van der Waals surface area contributed by atoms with Gasteiger partial charge in [-0.1, -0.05) is 4.89 Å². The first kappa shape index (κ1) is 11.8. The zero-order chi connectivity index (χ0) is 12.5. The Morgan fingerprint density at radius 3 is 2.82 bits per heavy atom. The molecule has 17 heavy (non-hydrogen) atoms. The van der Waals surface area contributed by atoms with Crippen LogP contribution < -0.4 is 0 Å². The van der Waals surface area contributed by atoms with Crippen LogP contribution in [0.1, 0.15) is 10.4 Å². The third kappa shape index (κ3) is 2.92. The highest BCUT2D eigenvalue weighted by atomic mass is 32.1. The molecular weight excluding hydrogens is 259 g/mol. The van der Waals surface area contributed by atoms with Gasteiger partial charge in [-0.2, -0.15) is 0 Å². The quantitative estimate of drug-likeness (QED) is 0.617. The topological polar surface area (TPSA) is 48.4 Å². The van der Waals surface area contributed by atoms with E-state index in [4.69, 9.17) is 0 Å². The van der Waals surface area contributed by atoms with E-state index in [0.29, 0.717) is 10.2 Å². The lowest BCUT2D eigenvalue weighted by Gasteiger charge is -2.05. The first-order chi connectivity index (χ1) is 7.96. The summed E-state index contributed by atoms with van der Waals surface area (Å²) in [5.74, 6) is -1.21. The summed E-state index contributed by atoms with van der Waals surface area (Å²) in [5, 5.41) is 0. The van der Waals surface area contributed by atoms with Gasteiger partial charge in [-0.15, -0.1) is 24.5 Å². The maximum atomic E-state index is 11.6. The van der Waals surface area contributed by atoms with E-state index in [1.807, 2.05) is 0 Å². The minimum absolute atomic E-state index is 0.0361. The summed E-state index contributed by atoms with van der Waals surface area (Å²) in [5.41, 5.74) is 2.18. The first-order valence-corrected chi connectivity index (χ1v) is 5.14. The Kier molecular flexibility index (Phi) is 2.99. The Labute approximate surface area is 96.5 Å². The molecule has 0 spiro atoms. The predicted molar refractivity (Wildman–Crippen MR) is 52.2 cm³/mol. The van der Waals surface area contributed by atoms with E-state index >= 15 is 0 Å². The molecule has 0 bridgehead atoms. The molecule has 0 saturated heterocycles. The molecule has 1 aromatic carbocycles. The van der Waals surface area contributed by atoms with Gasteiger partial charge in [0.1, 0.15) is 0 Å². The number of benzene rings is 1. The minimum Gasteiger partial charge on any atom is -0.284 e. The Morgan fingerprint density at radius 1 is 1.35 bits per heavy atom. The third-order valence-electron chi connectivity index (χ3n) is 1.78. The van der Waals surface area contributed by atoms with E-state index in [-0.39, 0.29) is 5.56 Å². The fourth-order valence-corrected chi connectivity index (χ4v) is 1.83. The number of rotatable bonds is 2. The van der Waals surface area contributed by atoms with Crippen molar-refractivity contribution < 1.29 is 27.7 Å². The molecule has 0 N–H and O–H groups in total. The smallest absolute Gasteiger partial charge is 0.284 e. The summed E-state index contributed by atoms with van der Waals surface area (Å²) in [6.07, 6.45) is -5.01. The maximum Gasteiger partial charge on any atom is 0.558 e. The van der Waals surface area contributed by atoms with Gasteiger partial charge in [0.15, 0.2) is 0 Å². The molecule has 0 fully saturated rings. The van der Waals surface area contributed by atoms with E-state index in [9.17, 15) is 18.0 Å². The van der Waals surface area contributed by atoms with Crippen LogP contribution in [0.3, 0.4) is 0 Å². The number of carbonyl (C=O) groups is 1. The Hall–Kier alpha value is -1.67. The van der Waals surface area contributed by atoms with Crippen molar-refractivity contribution in [3.8, 4) is 0 Å². The number of halogens is 3. The van der Waals surface area contributed by atoms with Gasteiger partial charge in [-0.3, -0.25) is 4.89 Å². The van der Waals surface area contributed by atoms with Gasteiger partial charge < -0.3 is 0 Å². The number of alkyl halides is 3. The maximum absolute atomic E-state index is 11.6. The zero-order valence-electron chi connectivity index (χ0n) is 8.02. The SMILES string of the molecule is O=C(OOC(F)(F)F)c1ccc2ncsc2c1. The van der Waals surface area contributed by atoms with E-state index in [1.165, 1.54) is 29.5 Å². The number of carbonyl (C=O) groups excluding carboxylic acids is 1. The molecule has 0 radical (unpaired) electrons. The summed E-state index contributed by atoms with van der Waals surface area (Å²) >= 11 is 1.26. The molecule has 4 nitrogen and oxygen atoms in total. The highest BCUT2D eigenvalue weighted by molar-refractivity contribution is 7.16. The van der Waals surface area contributed by atoms with Gasteiger partial charge in [-0.05, 0) is 18.2 Å². The van der Waals surface area contributed by atoms with Crippen LogP contribution in [0.4, 0.5) is 13.2 Å². The Bertz CT molecular complexity index is 552. The largest absolute Gasteiger partial charge is 0.558 e. The average Bonchev–Trinajstić information content (AvgIpc) is 2.71. The van der Waals surface area contributed by atoms with Gasteiger partial charge in [0, 0.05) is 0 Å². The lowest BCUT2D eigenvalue weighted by Crippen LogP contribution is -2.17. The van der Waals surface area contributed by atoms with Crippen molar-refractivity contribution >= 4 is 27.5 Å². The van der Waals surface area contributed by atoms with Crippen molar-refractivity contribution in [1.29, 1.82) is 0 Å². The van der Waals surface area contributed by atoms with Gasteiger partial charge >= 0.3 is 12.3 Å². The second kappa shape index (κ2) is 4.30. The standard InChI is InChI=1S/C9H4F3NO3S/c10-9(11,12)16-15-8(14)5-1-2-6-7(3-5)17-4-13-6/h1-4H. The minimum atomic E-state index is -5.01. The fraction of sp³-hybridized carbons (Fsp3) is 0.111. The first-order valence-electron chi connectivity index (χ1n) is 4.26. The molecule has 90 valence electrons. The molecule has 0 saturated carbocycles. The summed E-state index contributed by atoms with van der Waals surface area (Å²) in [6, 6.07) is 4.20. The molecule has 0 aliphatic carbocycles.